The molecule has 3 nitrogen and oxygen atoms in total. The van der Waals surface area contributed by atoms with Crippen molar-refractivity contribution >= 4 is 5.91 Å². The fraction of sp³-hybridized carbons (Fsp3) is 0.235. The van der Waals surface area contributed by atoms with Crippen molar-refractivity contribution in [2.45, 2.75) is 12.8 Å². The molecule has 0 aliphatic rings. The van der Waals surface area contributed by atoms with Crippen molar-refractivity contribution in [3.8, 4) is 5.75 Å². The summed E-state index contributed by atoms with van der Waals surface area (Å²) in [5.41, 5.74) is 1.26. The Morgan fingerprint density at radius 3 is 2.50 bits per heavy atom. The Hall–Kier alpha value is -2.43. The van der Waals surface area contributed by atoms with Crippen LogP contribution >= 0.6 is 0 Å². The molecule has 0 fully saturated rings. The zero-order chi connectivity index (χ0) is 15.9. The molecule has 0 spiro atoms. The summed E-state index contributed by atoms with van der Waals surface area (Å²) in [4.78, 5) is 11.9. The summed E-state index contributed by atoms with van der Waals surface area (Å²) in [6.07, 6.45) is 1.45. The van der Waals surface area contributed by atoms with Crippen molar-refractivity contribution < 1.29 is 18.3 Å². The average molecular weight is 305 g/mol. The van der Waals surface area contributed by atoms with Crippen LogP contribution in [0.1, 0.15) is 22.3 Å². The second-order valence-corrected chi connectivity index (χ2v) is 4.84. The molecule has 1 amide bonds. The van der Waals surface area contributed by atoms with Crippen molar-refractivity contribution in [1.29, 1.82) is 0 Å². The standard InChI is InChI=1S/C17H17F2NO2/c1-22-16-9-6-13(11-15(16)19)17(21)20-10-2-3-12-4-7-14(18)8-5-12/h4-9,11H,2-3,10H2,1H3,(H,20,21). The topological polar surface area (TPSA) is 38.3 Å². The van der Waals surface area contributed by atoms with Gasteiger partial charge in [-0.1, -0.05) is 12.1 Å². The molecule has 0 aliphatic heterocycles. The van der Waals surface area contributed by atoms with Crippen molar-refractivity contribution in [2.75, 3.05) is 13.7 Å². The summed E-state index contributed by atoms with van der Waals surface area (Å²) >= 11 is 0. The molecule has 2 aromatic carbocycles. The zero-order valence-corrected chi connectivity index (χ0v) is 12.2. The van der Waals surface area contributed by atoms with Gasteiger partial charge in [-0.05, 0) is 48.7 Å². The van der Waals surface area contributed by atoms with Crippen molar-refractivity contribution in [3.05, 3.63) is 65.2 Å². The third-order valence-electron chi connectivity index (χ3n) is 3.26. The molecule has 116 valence electrons. The van der Waals surface area contributed by atoms with Gasteiger partial charge >= 0.3 is 0 Å². The van der Waals surface area contributed by atoms with E-state index in [4.69, 9.17) is 4.74 Å². The van der Waals surface area contributed by atoms with E-state index in [-0.39, 0.29) is 23.0 Å². The van der Waals surface area contributed by atoms with Crippen LogP contribution in [0.4, 0.5) is 8.78 Å². The maximum absolute atomic E-state index is 13.5. The Kier molecular flexibility index (Phi) is 5.47. The molecular formula is C17H17F2NO2. The van der Waals surface area contributed by atoms with Crippen LogP contribution in [-0.2, 0) is 6.42 Å². The number of carbonyl (C=O) groups excluding carboxylic acids is 1. The first kappa shape index (κ1) is 15.9. The molecule has 0 heterocycles. The molecule has 2 aromatic rings. The molecule has 0 aliphatic carbocycles. The van der Waals surface area contributed by atoms with Crippen LogP contribution in [0.3, 0.4) is 0 Å². The molecule has 1 N–H and O–H groups in total. The lowest BCUT2D eigenvalue weighted by atomic mass is 10.1. The van der Waals surface area contributed by atoms with Gasteiger partial charge in [0, 0.05) is 12.1 Å². The van der Waals surface area contributed by atoms with Crippen LogP contribution in [0.15, 0.2) is 42.5 Å². The second-order valence-electron chi connectivity index (χ2n) is 4.84. The predicted molar refractivity (Wildman–Crippen MR) is 80.0 cm³/mol. The number of hydrogen-bond acceptors (Lipinski definition) is 2. The highest BCUT2D eigenvalue weighted by Gasteiger charge is 2.09. The third-order valence-corrected chi connectivity index (χ3v) is 3.26. The van der Waals surface area contributed by atoms with Gasteiger partial charge in [0.1, 0.15) is 5.82 Å². The summed E-state index contributed by atoms with van der Waals surface area (Å²) in [5, 5.41) is 2.72. The number of rotatable bonds is 6. The van der Waals surface area contributed by atoms with Crippen LogP contribution in [-0.4, -0.2) is 19.6 Å². The summed E-state index contributed by atoms with van der Waals surface area (Å²) in [6.45, 7) is 0.462. The third kappa shape index (κ3) is 4.28. The first-order valence-electron chi connectivity index (χ1n) is 6.96. The molecular weight excluding hydrogens is 288 g/mol. The largest absolute Gasteiger partial charge is 0.494 e. The van der Waals surface area contributed by atoms with Gasteiger partial charge in [-0.25, -0.2) is 8.78 Å². The van der Waals surface area contributed by atoms with E-state index in [1.807, 2.05) is 0 Å². The molecule has 22 heavy (non-hydrogen) atoms. The normalized spacial score (nSPS) is 10.3. The van der Waals surface area contributed by atoms with E-state index in [1.165, 1.54) is 31.4 Å². The smallest absolute Gasteiger partial charge is 0.251 e. The molecule has 5 heteroatoms. The SMILES string of the molecule is COc1ccc(C(=O)NCCCc2ccc(F)cc2)cc1F. The lowest BCUT2D eigenvalue weighted by molar-refractivity contribution is 0.0952. The molecule has 0 unspecified atom stereocenters. The molecule has 0 bridgehead atoms. The first-order valence-corrected chi connectivity index (χ1v) is 6.96. The number of amides is 1. The minimum atomic E-state index is -0.568. The number of methoxy groups -OCH3 is 1. The van der Waals surface area contributed by atoms with Gasteiger partial charge in [0.15, 0.2) is 11.6 Å². The van der Waals surface area contributed by atoms with Gasteiger partial charge in [-0.2, -0.15) is 0 Å². The van der Waals surface area contributed by atoms with E-state index < -0.39 is 5.82 Å². The predicted octanol–water partition coefficient (Wildman–Crippen LogP) is 3.34. The molecule has 0 atom stereocenters. The summed E-state index contributed by atoms with van der Waals surface area (Å²) in [7, 11) is 1.37. The van der Waals surface area contributed by atoms with E-state index in [9.17, 15) is 13.6 Å². The zero-order valence-electron chi connectivity index (χ0n) is 12.2. The quantitative estimate of drug-likeness (QED) is 0.831. The highest BCUT2D eigenvalue weighted by atomic mass is 19.1. The van der Waals surface area contributed by atoms with Crippen LogP contribution in [0.5, 0.6) is 5.75 Å². The van der Waals surface area contributed by atoms with Crippen LogP contribution < -0.4 is 10.1 Å². The molecule has 0 saturated carbocycles. The highest BCUT2D eigenvalue weighted by Crippen LogP contribution is 2.17. The van der Waals surface area contributed by atoms with Crippen molar-refractivity contribution in [2.24, 2.45) is 0 Å². The van der Waals surface area contributed by atoms with E-state index in [0.29, 0.717) is 6.54 Å². The van der Waals surface area contributed by atoms with Crippen molar-refractivity contribution in [1.82, 2.24) is 5.32 Å². The highest BCUT2D eigenvalue weighted by molar-refractivity contribution is 5.94. The van der Waals surface area contributed by atoms with Gasteiger partial charge < -0.3 is 10.1 Å². The van der Waals surface area contributed by atoms with E-state index in [1.54, 1.807) is 12.1 Å². The number of ether oxygens (including phenoxy) is 1. The second kappa shape index (κ2) is 7.54. The number of halogens is 2. The number of benzene rings is 2. The van der Waals surface area contributed by atoms with Gasteiger partial charge in [0.2, 0.25) is 0 Å². The summed E-state index contributed by atoms with van der Waals surface area (Å²) in [6, 6.07) is 10.3. The Morgan fingerprint density at radius 1 is 1.14 bits per heavy atom. The maximum atomic E-state index is 13.5. The van der Waals surface area contributed by atoms with Crippen LogP contribution in [0, 0.1) is 11.6 Å². The fourth-order valence-corrected chi connectivity index (χ4v) is 2.06. The Balaban J connectivity index is 1.80. The minimum absolute atomic E-state index is 0.104. The van der Waals surface area contributed by atoms with Crippen LogP contribution in [0.2, 0.25) is 0 Å². The summed E-state index contributed by atoms with van der Waals surface area (Å²) in [5.74, 6) is -1.06. The Morgan fingerprint density at radius 2 is 1.86 bits per heavy atom. The lowest BCUT2D eigenvalue weighted by Crippen LogP contribution is -2.24. The van der Waals surface area contributed by atoms with Crippen molar-refractivity contribution in [3.63, 3.8) is 0 Å². The number of hydrogen-bond donors (Lipinski definition) is 1. The Bertz CT molecular complexity index is 642. The first-order chi connectivity index (χ1) is 10.6. The fourth-order valence-electron chi connectivity index (χ4n) is 2.06. The van der Waals surface area contributed by atoms with Gasteiger partial charge in [0.25, 0.3) is 5.91 Å². The minimum Gasteiger partial charge on any atom is -0.494 e. The number of nitrogens with one attached hydrogen (secondary N) is 1. The van der Waals surface area contributed by atoms with Gasteiger partial charge in [0.05, 0.1) is 7.11 Å². The van der Waals surface area contributed by atoms with E-state index in [0.717, 1.165) is 24.5 Å². The molecule has 0 saturated heterocycles. The number of aryl methyl sites for hydroxylation is 1. The summed E-state index contributed by atoms with van der Waals surface area (Å²) < 4.78 is 31.1. The lowest BCUT2D eigenvalue weighted by Gasteiger charge is -2.07. The Labute approximate surface area is 127 Å². The molecule has 0 aromatic heterocycles. The van der Waals surface area contributed by atoms with E-state index in [2.05, 4.69) is 5.32 Å². The molecule has 2 rings (SSSR count). The van der Waals surface area contributed by atoms with Gasteiger partial charge in [-0.15, -0.1) is 0 Å². The molecule has 0 radical (unpaired) electrons. The number of carbonyl (C=O) groups is 1. The van der Waals surface area contributed by atoms with Gasteiger partial charge in [-0.3, -0.25) is 4.79 Å². The maximum Gasteiger partial charge on any atom is 0.251 e. The van der Waals surface area contributed by atoms with E-state index >= 15 is 0 Å². The monoisotopic (exact) mass is 305 g/mol. The van der Waals surface area contributed by atoms with Crippen LogP contribution in [0.25, 0.3) is 0 Å². The average Bonchev–Trinajstić information content (AvgIpc) is 2.53.